The molecule has 0 aromatic carbocycles. The maximum Gasteiger partial charge on any atom is 0.0718 e. The van der Waals surface area contributed by atoms with Crippen molar-refractivity contribution in [1.29, 1.82) is 0 Å². The van der Waals surface area contributed by atoms with Crippen LogP contribution in [0.2, 0.25) is 0 Å². The van der Waals surface area contributed by atoms with Crippen molar-refractivity contribution >= 4 is 141 Å². The highest BCUT2D eigenvalue weighted by Gasteiger charge is 2.36. The molecule has 32 heavy (non-hydrogen) atoms. The Bertz CT molecular complexity index is 955. The molecule has 0 N–H and O–H groups in total. The van der Waals surface area contributed by atoms with Gasteiger partial charge in [0.2, 0.25) is 0 Å². The molecule has 0 nitrogen and oxygen atoms in total. The smallest absolute Gasteiger partial charge is 0.0718 e. The second-order valence-corrected chi connectivity index (χ2v) is 20.7. The molecule has 1 aliphatic carbocycles. The Kier molecular flexibility index (Phi) is 9.85. The van der Waals surface area contributed by atoms with Gasteiger partial charge in [-0.05, 0) is 61.9 Å². The SMILES string of the molecule is CSC1=C(SC)SC(=C2CCC(=C3SC4=C(S3)SC(=C3SC(SC)=C(SC)S3)S4)CC2)S1. The molecule has 0 saturated heterocycles. The summed E-state index contributed by atoms with van der Waals surface area (Å²) in [5.74, 6) is 0. The molecular formula is C20H20S12. The Morgan fingerprint density at radius 1 is 0.375 bits per heavy atom. The average molecular weight is 645 g/mol. The van der Waals surface area contributed by atoms with Gasteiger partial charge in [-0.2, -0.15) is 0 Å². The minimum absolute atomic E-state index is 1.24. The Balaban J connectivity index is 1.20. The standard InChI is InChI=1S/C20H20S12/c1-21-13-14(22-2)26-11(25-13)9-5-7-10(8-6-9)12-27-17-18(28-12)32-20(31-17)19-29-15(23-3)16(24-4)30-19/h5-8H2,1-4H3. The maximum atomic E-state index is 2.21. The Morgan fingerprint density at radius 2 is 0.625 bits per heavy atom. The second kappa shape index (κ2) is 12.0. The first-order valence-corrected chi connectivity index (χ1v) is 21.1. The first kappa shape index (κ1) is 26.3. The van der Waals surface area contributed by atoms with E-state index in [0.29, 0.717) is 0 Å². The highest BCUT2D eigenvalue weighted by Crippen LogP contribution is 2.71. The summed E-state index contributed by atoms with van der Waals surface area (Å²) in [5.41, 5.74) is 3.40. The van der Waals surface area contributed by atoms with Crippen LogP contribution < -0.4 is 0 Å². The van der Waals surface area contributed by atoms with E-state index in [1.54, 1.807) is 19.6 Å². The van der Waals surface area contributed by atoms with Gasteiger partial charge in [0.1, 0.15) is 0 Å². The van der Waals surface area contributed by atoms with Crippen LogP contribution in [0.25, 0.3) is 0 Å². The zero-order valence-corrected chi connectivity index (χ0v) is 27.5. The van der Waals surface area contributed by atoms with E-state index >= 15 is 0 Å². The van der Waals surface area contributed by atoms with Crippen molar-refractivity contribution in [2.75, 3.05) is 25.0 Å². The first-order chi connectivity index (χ1) is 15.6. The van der Waals surface area contributed by atoms with Crippen molar-refractivity contribution in [2.45, 2.75) is 25.7 Å². The van der Waals surface area contributed by atoms with Crippen LogP contribution >= 0.6 is 141 Å². The minimum Gasteiger partial charge on any atom is -0.121 e. The van der Waals surface area contributed by atoms with Gasteiger partial charge < -0.3 is 0 Å². The van der Waals surface area contributed by atoms with E-state index in [4.69, 9.17) is 0 Å². The molecule has 0 bridgehead atoms. The quantitative estimate of drug-likeness (QED) is 0.286. The van der Waals surface area contributed by atoms with E-state index in [1.807, 2.05) is 118 Å². The van der Waals surface area contributed by atoms with Crippen molar-refractivity contribution in [1.82, 2.24) is 0 Å². The molecule has 0 atom stereocenters. The summed E-state index contributed by atoms with van der Waals surface area (Å²) >= 11 is 23.7. The molecule has 4 aliphatic heterocycles. The molecule has 0 unspecified atom stereocenters. The van der Waals surface area contributed by atoms with Gasteiger partial charge in [0.05, 0.1) is 42.4 Å². The fourth-order valence-corrected chi connectivity index (χ4v) is 20.4. The summed E-state index contributed by atoms with van der Waals surface area (Å²) in [4.78, 5) is 0. The highest BCUT2D eigenvalue weighted by molar-refractivity contribution is 8.49. The third-order valence-electron chi connectivity index (χ3n) is 4.93. The first-order valence-electron chi connectivity index (χ1n) is 9.63. The van der Waals surface area contributed by atoms with E-state index in [-0.39, 0.29) is 0 Å². The van der Waals surface area contributed by atoms with E-state index in [0.717, 1.165) is 0 Å². The molecule has 0 aromatic heterocycles. The Morgan fingerprint density at radius 3 is 0.969 bits per heavy atom. The van der Waals surface area contributed by atoms with E-state index < -0.39 is 0 Å². The van der Waals surface area contributed by atoms with Crippen molar-refractivity contribution in [2.24, 2.45) is 0 Å². The van der Waals surface area contributed by atoms with Crippen LogP contribution in [-0.4, -0.2) is 25.0 Å². The third kappa shape index (κ3) is 5.56. The maximum absolute atomic E-state index is 2.21. The molecule has 4 heterocycles. The summed E-state index contributed by atoms with van der Waals surface area (Å²) < 4.78 is 15.1. The average Bonchev–Trinajstić information content (AvgIpc) is 3.59. The highest BCUT2D eigenvalue weighted by atomic mass is 32.3. The predicted molar refractivity (Wildman–Crippen MR) is 175 cm³/mol. The van der Waals surface area contributed by atoms with Crippen LogP contribution in [0.1, 0.15) is 25.7 Å². The molecule has 1 fully saturated rings. The lowest BCUT2D eigenvalue weighted by Gasteiger charge is -2.21. The largest absolute Gasteiger partial charge is 0.121 e. The van der Waals surface area contributed by atoms with Crippen molar-refractivity contribution in [3.8, 4) is 0 Å². The van der Waals surface area contributed by atoms with Crippen molar-refractivity contribution in [3.63, 3.8) is 0 Å². The Labute approximate surface area is 242 Å². The number of rotatable bonds is 4. The van der Waals surface area contributed by atoms with E-state index in [2.05, 4.69) is 48.5 Å². The molecule has 0 amide bonds. The number of allylic oxidation sites excluding steroid dienone is 2. The summed E-state index contributed by atoms with van der Waals surface area (Å²) in [6.07, 6.45) is 13.8. The van der Waals surface area contributed by atoms with Crippen LogP contribution in [0.3, 0.4) is 0 Å². The molecule has 5 rings (SSSR count). The van der Waals surface area contributed by atoms with Crippen LogP contribution in [0.4, 0.5) is 0 Å². The number of hydrogen-bond donors (Lipinski definition) is 0. The van der Waals surface area contributed by atoms with Crippen LogP contribution in [0.15, 0.2) is 53.5 Å². The summed E-state index contributed by atoms with van der Waals surface area (Å²) in [5, 5.41) is 0. The topological polar surface area (TPSA) is 0 Å². The second-order valence-electron chi connectivity index (χ2n) is 6.71. The lowest BCUT2D eigenvalue weighted by atomic mass is 9.92. The molecule has 0 spiro atoms. The third-order valence-corrected chi connectivity index (χ3v) is 21.9. The lowest BCUT2D eigenvalue weighted by molar-refractivity contribution is 0.730. The van der Waals surface area contributed by atoms with Gasteiger partial charge in [-0.3, -0.25) is 0 Å². The van der Waals surface area contributed by atoms with Crippen LogP contribution in [0, 0.1) is 0 Å². The zero-order chi connectivity index (χ0) is 22.2. The molecule has 0 radical (unpaired) electrons. The van der Waals surface area contributed by atoms with Crippen LogP contribution in [0.5, 0.6) is 0 Å². The molecule has 5 aliphatic rings. The minimum atomic E-state index is 1.24. The summed E-state index contributed by atoms with van der Waals surface area (Å²) in [6.45, 7) is 0. The Hall–Kier alpha value is 2.64. The van der Waals surface area contributed by atoms with Gasteiger partial charge in [-0.25, -0.2) is 0 Å². The van der Waals surface area contributed by atoms with Crippen molar-refractivity contribution < 1.29 is 0 Å². The van der Waals surface area contributed by atoms with E-state index in [1.165, 1.54) is 59.6 Å². The molecular weight excluding hydrogens is 625 g/mol. The van der Waals surface area contributed by atoms with Gasteiger partial charge in [0.15, 0.2) is 0 Å². The van der Waals surface area contributed by atoms with Gasteiger partial charge in [0.25, 0.3) is 0 Å². The van der Waals surface area contributed by atoms with Crippen LogP contribution in [-0.2, 0) is 0 Å². The molecule has 12 heteroatoms. The van der Waals surface area contributed by atoms with E-state index in [9.17, 15) is 0 Å². The summed E-state index contributed by atoms with van der Waals surface area (Å²) in [7, 11) is 0. The molecule has 1 saturated carbocycles. The summed E-state index contributed by atoms with van der Waals surface area (Å²) in [6, 6.07) is 0. The fraction of sp³-hybridized carbons (Fsp3) is 0.400. The lowest BCUT2D eigenvalue weighted by Crippen LogP contribution is -2.00. The predicted octanol–water partition coefficient (Wildman–Crippen LogP) is 11.9. The zero-order valence-electron chi connectivity index (χ0n) is 17.7. The van der Waals surface area contributed by atoms with Crippen molar-refractivity contribution in [3.05, 3.63) is 53.5 Å². The van der Waals surface area contributed by atoms with Gasteiger partial charge in [-0.1, -0.05) is 94.1 Å². The molecule has 0 aromatic rings. The molecule has 172 valence electrons. The number of hydrogen-bond acceptors (Lipinski definition) is 12. The number of thioether (sulfide) groups is 12. The van der Waals surface area contributed by atoms with Gasteiger partial charge >= 0.3 is 0 Å². The fourth-order valence-electron chi connectivity index (χ4n) is 3.35. The van der Waals surface area contributed by atoms with Gasteiger partial charge in [0, 0.05) is 0 Å². The van der Waals surface area contributed by atoms with Gasteiger partial charge in [-0.15, -0.1) is 47.0 Å². The monoisotopic (exact) mass is 644 g/mol. The normalized spacial score (nSPS) is 24.4.